The number of halogens is 2. The van der Waals surface area contributed by atoms with Crippen LogP contribution in [0, 0.1) is 11.6 Å². The predicted molar refractivity (Wildman–Crippen MR) is 130 cm³/mol. The third kappa shape index (κ3) is 5.51. The average Bonchev–Trinajstić information content (AvgIpc) is 2.80. The van der Waals surface area contributed by atoms with Crippen LogP contribution in [0.25, 0.3) is 22.3 Å². The molecule has 0 spiro atoms. The predicted octanol–water partition coefficient (Wildman–Crippen LogP) is 8.59. The Morgan fingerprint density at radius 1 is 0.774 bits per heavy atom. The molecule has 1 heterocycles. The van der Waals surface area contributed by atoms with E-state index in [9.17, 15) is 8.78 Å². The molecule has 3 aromatic carbocycles. The van der Waals surface area contributed by atoms with E-state index in [1.165, 1.54) is 74.0 Å². The van der Waals surface area contributed by atoms with Gasteiger partial charge in [0.2, 0.25) is 0 Å². The highest BCUT2D eigenvalue weighted by molar-refractivity contribution is 6.59. The Labute approximate surface area is 186 Å². The normalized spacial score (nSPS) is 18.8. The second-order valence-electron chi connectivity index (χ2n) is 9.04. The highest BCUT2D eigenvalue weighted by Gasteiger charge is 2.24. The molecule has 31 heavy (non-hydrogen) atoms. The molecule has 0 atom stereocenters. The van der Waals surface area contributed by atoms with Gasteiger partial charge in [-0.1, -0.05) is 86.8 Å². The summed E-state index contributed by atoms with van der Waals surface area (Å²) < 4.78 is 27.5. The van der Waals surface area contributed by atoms with Crippen LogP contribution in [0.1, 0.15) is 50.5 Å². The maximum atomic E-state index is 13.9. The zero-order valence-electron chi connectivity index (χ0n) is 18.4. The van der Waals surface area contributed by atoms with Gasteiger partial charge in [-0.25, -0.2) is 8.78 Å². The number of hydrogen-bond donors (Lipinski definition) is 0. The summed E-state index contributed by atoms with van der Waals surface area (Å²) in [6.07, 6.45) is 6.72. The summed E-state index contributed by atoms with van der Waals surface area (Å²) in [6, 6.07) is 24.5. The third-order valence-corrected chi connectivity index (χ3v) is 10.4. The summed E-state index contributed by atoms with van der Waals surface area (Å²) in [5, 5.41) is 0. The molecule has 1 fully saturated rings. The summed E-state index contributed by atoms with van der Waals surface area (Å²) in [4.78, 5) is 0. The van der Waals surface area contributed by atoms with E-state index in [2.05, 4.69) is 25.1 Å². The first-order valence-corrected chi connectivity index (χ1v) is 14.2. The molecule has 0 bridgehead atoms. The van der Waals surface area contributed by atoms with Crippen molar-refractivity contribution in [3.8, 4) is 22.3 Å². The van der Waals surface area contributed by atoms with E-state index in [0.29, 0.717) is 5.92 Å². The lowest BCUT2D eigenvalue weighted by Gasteiger charge is -2.28. The van der Waals surface area contributed by atoms with Gasteiger partial charge in [-0.3, -0.25) is 0 Å². The Balaban J connectivity index is 1.61. The van der Waals surface area contributed by atoms with Gasteiger partial charge in [0.15, 0.2) is 0 Å². The summed E-state index contributed by atoms with van der Waals surface area (Å²) in [7, 11) is -0.545. The number of hydrogen-bond acceptors (Lipinski definition) is 0. The molecule has 0 aromatic heterocycles. The molecule has 0 unspecified atom stereocenters. The molecule has 0 nitrogen and oxygen atoms in total. The van der Waals surface area contributed by atoms with Gasteiger partial charge in [0, 0.05) is 8.80 Å². The number of benzene rings is 3. The van der Waals surface area contributed by atoms with E-state index in [-0.39, 0.29) is 11.6 Å². The molecule has 0 saturated carbocycles. The smallest absolute Gasteiger partial charge is 0.123 e. The second-order valence-corrected chi connectivity index (χ2v) is 12.5. The summed E-state index contributed by atoms with van der Waals surface area (Å²) in [5.41, 5.74) is 5.27. The van der Waals surface area contributed by atoms with Crippen LogP contribution < -0.4 is 0 Å². The molecule has 1 aliphatic heterocycles. The zero-order chi connectivity index (χ0) is 21.6. The second kappa shape index (κ2) is 10.4. The summed E-state index contributed by atoms with van der Waals surface area (Å²) in [6.45, 7) is 2.28. The van der Waals surface area contributed by atoms with Crippen molar-refractivity contribution in [1.82, 2.24) is 0 Å². The fourth-order valence-electron chi connectivity index (χ4n) is 5.06. The lowest BCUT2D eigenvalue weighted by molar-refractivity contribution is 0.603. The quantitative estimate of drug-likeness (QED) is 0.258. The first-order valence-electron chi connectivity index (χ1n) is 11.8. The van der Waals surface area contributed by atoms with Crippen LogP contribution in [0.4, 0.5) is 8.78 Å². The molecule has 3 heteroatoms. The Morgan fingerprint density at radius 2 is 1.55 bits per heavy atom. The Hall–Kier alpha value is -2.26. The third-order valence-electron chi connectivity index (χ3n) is 6.87. The minimum absolute atomic E-state index is 0.237. The molecule has 0 radical (unpaired) electrons. The Kier molecular flexibility index (Phi) is 7.34. The monoisotopic (exact) mass is 434 g/mol. The molecule has 4 rings (SSSR count). The van der Waals surface area contributed by atoms with Crippen molar-refractivity contribution in [1.29, 1.82) is 0 Å². The van der Waals surface area contributed by atoms with Crippen LogP contribution in [-0.4, -0.2) is 8.80 Å². The van der Waals surface area contributed by atoms with Crippen LogP contribution in [-0.2, 0) is 0 Å². The van der Waals surface area contributed by atoms with Crippen molar-refractivity contribution < 1.29 is 8.78 Å². The van der Waals surface area contributed by atoms with E-state index in [0.717, 1.165) is 22.3 Å². The lowest BCUT2D eigenvalue weighted by Crippen LogP contribution is -2.20. The maximum absolute atomic E-state index is 13.9. The van der Waals surface area contributed by atoms with Gasteiger partial charge in [-0.15, -0.1) is 0 Å². The summed E-state index contributed by atoms with van der Waals surface area (Å²) >= 11 is 0. The molecule has 0 N–H and O–H groups in total. The van der Waals surface area contributed by atoms with Gasteiger partial charge in [-0.05, 0) is 70.8 Å². The van der Waals surface area contributed by atoms with Gasteiger partial charge in [-0.2, -0.15) is 0 Å². The Morgan fingerprint density at radius 3 is 2.26 bits per heavy atom. The molecule has 0 amide bonds. The van der Waals surface area contributed by atoms with Crippen molar-refractivity contribution in [3.05, 3.63) is 83.9 Å². The van der Waals surface area contributed by atoms with Crippen LogP contribution in [0.2, 0.25) is 18.1 Å². The van der Waals surface area contributed by atoms with Gasteiger partial charge in [0.25, 0.3) is 0 Å². The van der Waals surface area contributed by atoms with Crippen LogP contribution in [0.3, 0.4) is 0 Å². The minimum Gasteiger partial charge on any atom is -0.207 e. The average molecular weight is 435 g/mol. The van der Waals surface area contributed by atoms with E-state index < -0.39 is 8.80 Å². The van der Waals surface area contributed by atoms with Crippen molar-refractivity contribution >= 4 is 8.80 Å². The molecular weight excluding hydrogens is 402 g/mol. The van der Waals surface area contributed by atoms with Crippen LogP contribution >= 0.6 is 0 Å². The molecule has 1 aliphatic rings. The first kappa shape index (κ1) is 21.9. The zero-order valence-corrected chi connectivity index (χ0v) is 19.6. The van der Waals surface area contributed by atoms with Crippen molar-refractivity contribution in [2.24, 2.45) is 0 Å². The van der Waals surface area contributed by atoms with E-state index in [4.69, 9.17) is 0 Å². The van der Waals surface area contributed by atoms with E-state index >= 15 is 0 Å². The minimum atomic E-state index is -0.545. The van der Waals surface area contributed by atoms with Crippen molar-refractivity contribution in [2.75, 3.05) is 0 Å². The molecule has 3 aromatic rings. The van der Waals surface area contributed by atoms with Crippen molar-refractivity contribution in [2.45, 2.75) is 63.1 Å². The number of unbranched alkanes of at least 4 members (excludes halogenated alkanes) is 2. The molecular formula is C28H32F2Si. The molecule has 0 aliphatic carbocycles. The van der Waals surface area contributed by atoms with Gasteiger partial charge < -0.3 is 0 Å². The standard InChI is InChI=1S/C28H32F2Si/c1-2-3-4-16-31-17-14-21(15-18-31)23-10-13-27(24-6-5-7-26(30)19-24)28(20-23)22-8-11-25(29)12-9-22/h5-13,19-21,31H,2-4,14-18H2,1H3/t21-,31-. The fraction of sp³-hybridized carbons (Fsp3) is 0.357. The van der Waals surface area contributed by atoms with Gasteiger partial charge >= 0.3 is 0 Å². The Bertz CT molecular complexity index is 988. The van der Waals surface area contributed by atoms with Gasteiger partial charge in [0.1, 0.15) is 11.6 Å². The van der Waals surface area contributed by atoms with Crippen LogP contribution in [0.5, 0.6) is 0 Å². The number of rotatable bonds is 7. The van der Waals surface area contributed by atoms with Crippen molar-refractivity contribution in [3.63, 3.8) is 0 Å². The fourth-order valence-corrected chi connectivity index (χ4v) is 8.54. The van der Waals surface area contributed by atoms with E-state index in [1.807, 2.05) is 18.2 Å². The largest absolute Gasteiger partial charge is 0.207 e. The van der Waals surface area contributed by atoms with Crippen LogP contribution in [0.15, 0.2) is 66.7 Å². The lowest BCUT2D eigenvalue weighted by atomic mass is 9.87. The highest BCUT2D eigenvalue weighted by Crippen LogP contribution is 2.40. The summed E-state index contributed by atoms with van der Waals surface area (Å²) in [5.74, 6) is 0.132. The SMILES string of the molecule is CCCCC[Si@H]1CC[C@H](c2ccc(-c3cccc(F)c3)c(-c3ccc(F)cc3)c2)CC1. The highest BCUT2D eigenvalue weighted by atomic mass is 28.3. The molecule has 162 valence electrons. The maximum Gasteiger partial charge on any atom is 0.123 e. The van der Waals surface area contributed by atoms with Gasteiger partial charge in [0.05, 0.1) is 0 Å². The molecule has 1 saturated heterocycles. The van der Waals surface area contributed by atoms with E-state index in [1.54, 1.807) is 12.1 Å². The first-order chi connectivity index (χ1) is 15.1. The topological polar surface area (TPSA) is 0 Å².